The van der Waals surface area contributed by atoms with E-state index < -0.39 is 28.0 Å². The Hall–Kier alpha value is -2.93. The van der Waals surface area contributed by atoms with Crippen LogP contribution in [0.3, 0.4) is 0 Å². The zero-order valence-corrected chi connectivity index (χ0v) is 22.8. The Bertz CT molecular complexity index is 1280. The van der Waals surface area contributed by atoms with Crippen LogP contribution in [0.2, 0.25) is 0 Å². The topological polar surface area (TPSA) is 87.2 Å². The minimum absolute atomic E-state index is 0.0155. The Morgan fingerprint density at radius 2 is 1.97 bits per heavy atom. The summed E-state index contributed by atoms with van der Waals surface area (Å²) in [6, 6.07) is 9.55. The number of hydrogen-bond acceptors (Lipinski definition) is 5. The van der Waals surface area contributed by atoms with Gasteiger partial charge in [0, 0.05) is 43.1 Å². The largest absolute Gasteiger partial charge is 0.487 e. The first-order chi connectivity index (χ1) is 17.4. The van der Waals surface area contributed by atoms with Gasteiger partial charge in [-0.05, 0) is 49.2 Å². The number of amides is 1. The lowest BCUT2D eigenvalue weighted by atomic mass is 10.0. The molecule has 0 radical (unpaired) electrons. The molecule has 0 fully saturated rings. The van der Waals surface area contributed by atoms with Gasteiger partial charge < -0.3 is 14.7 Å². The Labute approximate surface area is 219 Å². The van der Waals surface area contributed by atoms with E-state index in [1.54, 1.807) is 32.2 Å². The number of hydrogen-bond donors (Lipinski definition) is 1. The van der Waals surface area contributed by atoms with Crippen LogP contribution in [0.5, 0.6) is 5.75 Å². The lowest BCUT2D eigenvalue weighted by molar-refractivity contribution is 0.0563. The quantitative estimate of drug-likeness (QED) is 0.575. The molecule has 1 N–H and O–H groups in total. The summed E-state index contributed by atoms with van der Waals surface area (Å²) in [5.41, 5.74) is 0.828. The first kappa shape index (κ1) is 28.6. The molecule has 1 aliphatic rings. The van der Waals surface area contributed by atoms with Crippen LogP contribution in [0.15, 0.2) is 47.4 Å². The Morgan fingerprint density at radius 3 is 2.62 bits per heavy atom. The van der Waals surface area contributed by atoms with Gasteiger partial charge in [0.05, 0.1) is 13.2 Å². The second kappa shape index (κ2) is 12.1. The first-order valence-electron chi connectivity index (χ1n) is 12.4. The Morgan fingerprint density at radius 1 is 1.24 bits per heavy atom. The van der Waals surface area contributed by atoms with Crippen molar-refractivity contribution in [3.63, 3.8) is 0 Å². The molecule has 0 aromatic heterocycles. The van der Waals surface area contributed by atoms with Gasteiger partial charge in [0.15, 0.2) is 0 Å². The molecule has 7 nitrogen and oxygen atoms in total. The van der Waals surface area contributed by atoms with Crippen LogP contribution in [0.25, 0.3) is 0 Å². The first-order valence-corrected chi connectivity index (χ1v) is 13.8. The van der Waals surface area contributed by atoms with Crippen LogP contribution in [0.1, 0.15) is 50.0 Å². The number of likely N-dealkylation sites (N-methyl/N-ethyl adjacent to an activating group) is 1. The third kappa shape index (κ3) is 6.89. The highest BCUT2D eigenvalue weighted by Crippen LogP contribution is 2.34. The van der Waals surface area contributed by atoms with Crippen molar-refractivity contribution >= 4 is 15.9 Å². The number of fused-ring (bicyclic) bond motifs is 1. The Balaban J connectivity index is 2.00. The lowest BCUT2D eigenvalue weighted by Gasteiger charge is -2.37. The molecule has 0 spiro atoms. The van der Waals surface area contributed by atoms with Crippen molar-refractivity contribution in [2.45, 2.75) is 51.2 Å². The second-order valence-electron chi connectivity index (χ2n) is 10.00. The number of ether oxygens (including phenoxy) is 1. The van der Waals surface area contributed by atoms with Crippen molar-refractivity contribution in [1.29, 1.82) is 0 Å². The van der Waals surface area contributed by atoms with Gasteiger partial charge in [-0.2, -0.15) is 4.31 Å². The zero-order chi connectivity index (χ0) is 27.3. The van der Waals surface area contributed by atoms with E-state index in [1.165, 1.54) is 33.5 Å². The summed E-state index contributed by atoms with van der Waals surface area (Å²) in [4.78, 5) is 14.4. The SMILES string of the molecule is CC(C)CC#Cc1ccc2c(c1)O[C@H](CN(C)C(=O)c1cccc(F)c1)[C@H](C)CN([C@H](C)CO)S2(=O)=O. The molecule has 1 aliphatic heterocycles. The van der Waals surface area contributed by atoms with Crippen LogP contribution in [-0.4, -0.2) is 67.5 Å². The van der Waals surface area contributed by atoms with E-state index in [0.29, 0.717) is 17.9 Å². The van der Waals surface area contributed by atoms with E-state index in [4.69, 9.17) is 4.74 Å². The fourth-order valence-corrected chi connectivity index (χ4v) is 5.90. The van der Waals surface area contributed by atoms with Gasteiger partial charge in [0.2, 0.25) is 10.0 Å². The molecule has 200 valence electrons. The van der Waals surface area contributed by atoms with Gasteiger partial charge >= 0.3 is 0 Å². The highest BCUT2D eigenvalue weighted by molar-refractivity contribution is 7.89. The second-order valence-corrected chi connectivity index (χ2v) is 11.9. The van der Waals surface area contributed by atoms with Gasteiger partial charge in [0.1, 0.15) is 22.6 Å². The fraction of sp³-hybridized carbons (Fsp3) is 0.464. The summed E-state index contributed by atoms with van der Waals surface area (Å²) in [7, 11) is -2.38. The minimum atomic E-state index is -3.98. The van der Waals surface area contributed by atoms with Gasteiger partial charge in [-0.25, -0.2) is 12.8 Å². The fourth-order valence-electron chi connectivity index (χ4n) is 4.07. The molecule has 2 aromatic carbocycles. The molecule has 3 rings (SSSR count). The molecule has 0 saturated heterocycles. The molecule has 9 heteroatoms. The number of carbonyl (C=O) groups is 1. The molecule has 37 heavy (non-hydrogen) atoms. The maximum atomic E-state index is 13.7. The Kier molecular flexibility index (Phi) is 9.35. The van der Waals surface area contributed by atoms with E-state index in [0.717, 1.165) is 0 Å². The van der Waals surface area contributed by atoms with E-state index in [9.17, 15) is 22.7 Å². The third-order valence-corrected chi connectivity index (χ3v) is 8.30. The predicted octanol–water partition coefficient (Wildman–Crippen LogP) is 3.76. The summed E-state index contributed by atoms with van der Waals surface area (Å²) in [5, 5.41) is 9.80. The van der Waals surface area contributed by atoms with Crippen LogP contribution in [0, 0.1) is 29.5 Å². The van der Waals surface area contributed by atoms with Crippen molar-refractivity contribution in [2.75, 3.05) is 26.7 Å². The van der Waals surface area contributed by atoms with Crippen LogP contribution in [-0.2, 0) is 10.0 Å². The summed E-state index contributed by atoms with van der Waals surface area (Å²) in [6.07, 6.45) is 0.119. The molecule has 1 amide bonds. The van der Waals surface area contributed by atoms with Crippen molar-refractivity contribution in [3.8, 4) is 17.6 Å². The number of sulfonamides is 1. The van der Waals surface area contributed by atoms with E-state index in [-0.39, 0.29) is 47.7 Å². The van der Waals surface area contributed by atoms with Gasteiger partial charge in [-0.1, -0.05) is 38.7 Å². The lowest BCUT2D eigenvalue weighted by Crippen LogP contribution is -2.50. The predicted molar refractivity (Wildman–Crippen MR) is 140 cm³/mol. The standard InChI is InChI=1S/C28H35FN2O5S/c1-19(2)8-6-9-22-12-13-27-25(14-22)36-26(20(3)16-31(21(4)18-32)37(27,34)35)17-30(5)28(33)23-10-7-11-24(29)15-23/h7,10-15,19-21,26,32H,8,16-18H2,1-5H3/t20-,21-,26-/m1/s1. The van der Waals surface area contributed by atoms with Crippen molar-refractivity contribution in [3.05, 3.63) is 59.4 Å². The zero-order valence-electron chi connectivity index (χ0n) is 21.9. The van der Waals surface area contributed by atoms with Crippen LogP contribution in [0.4, 0.5) is 4.39 Å². The monoisotopic (exact) mass is 530 g/mol. The van der Waals surface area contributed by atoms with Crippen LogP contribution >= 0.6 is 0 Å². The maximum absolute atomic E-state index is 13.7. The summed E-state index contributed by atoms with van der Waals surface area (Å²) in [6.45, 7) is 7.50. The average Bonchev–Trinajstić information content (AvgIpc) is 2.84. The maximum Gasteiger partial charge on any atom is 0.253 e. The molecule has 0 unspecified atom stereocenters. The van der Waals surface area contributed by atoms with Gasteiger partial charge in [-0.3, -0.25) is 4.79 Å². The molecule has 2 aromatic rings. The summed E-state index contributed by atoms with van der Waals surface area (Å²) < 4.78 is 48.4. The number of halogens is 1. The van der Waals surface area contributed by atoms with E-state index >= 15 is 0 Å². The third-order valence-electron chi connectivity index (χ3n) is 6.28. The normalized spacial score (nSPS) is 20.0. The number of aliphatic hydroxyl groups excluding tert-OH is 1. The number of carbonyl (C=O) groups excluding carboxylic acids is 1. The summed E-state index contributed by atoms with van der Waals surface area (Å²) >= 11 is 0. The number of benzene rings is 2. The molecule has 1 heterocycles. The number of nitrogens with zero attached hydrogens (tertiary/aromatic N) is 2. The van der Waals surface area contributed by atoms with Gasteiger partial charge in [0.25, 0.3) is 5.91 Å². The van der Waals surface area contributed by atoms with Gasteiger partial charge in [-0.15, -0.1) is 0 Å². The summed E-state index contributed by atoms with van der Waals surface area (Å²) in [5.74, 6) is 5.50. The molecule has 0 aliphatic carbocycles. The van der Waals surface area contributed by atoms with Crippen molar-refractivity contribution in [1.82, 2.24) is 9.21 Å². The number of aliphatic hydroxyl groups is 1. The molecule has 0 bridgehead atoms. The molecular weight excluding hydrogens is 495 g/mol. The molecule has 3 atom stereocenters. The highest BCUT2D eigenvalue weighted by Gasteiger charge is 2.38. The van der Waals surface area contributed by atoms with E-state index in [2.05, 4.69) is 25.7 Å². The van der Waals surface area contributed by atoms with Crippen molar-refractivity contribution in [2.24, 2.45) is 11.8 Å². The van der Waals surface area contributed by atoms with Crippen LogP contribution < -0.4 is 4.74 Å². The van der Waals surface area contributed by atoms with E-state index in [1.807, 2.05) is 6.92 Å². The number of rotatable bonds is 6. The highest BCUT2D eigenvalue weighted by atomic mass is 32.2. The average molecular weight is 531 g/mol. The molecular formula is C28H35FN2O5S. The molecule has 0 saturated carbocycles. The van der Waals surface area contributed by atoms with Crippen molar-refractivity contribution < 1.29 is 27.4 Å². The minimum Gasteiger partial charge on any atom is -0.487 e. The smallest absolute Gasteiger partial charge is 0.253 e.